The number of fused-ring (bicyclic) bond motifs is 3. The number of pyridine rings is 2. The summed E-state index contributed by atoms with van der Waals surface area (Å²) in [4.78, 5) is 48.6. The van der Waals surface area contributed by atoms with E-state index in [4.69, 9.17) is 14.7 Å². The van der Waals surface area contributed by atoms with Crippen molar-refractivity contribution in [2.45, 2.75) is 101 Å². The summed E-state index contributed by atoms with van der Waals surface area (Å²) in [6.45, 7) is 9.98. The minimum atomic E-state index is -0.742. The largest absolute Gasteiger partial charge is 0.365 e. The van der Waals surface area contributed by atoms with E-state index in [2.05, 4.69) is 52.1 Å². The van der Waals surface area contributed by atoms with Gasteiger partial charge in [0, 0.05) is 55.1 Å². The molecule has 1 atom stereocenters. The van der Waals surface area contributed by atoms with Crippen LogP contribution in [0.25, 0.3) is 22.3 Å². The molecule has 1 aliphatic carbocycles. The second-order valence-electron chi connectivity index (χ2n) is 15.9. The second kappa shape index (κ2) is 12.6. The van der Waals surface area contributed by atoms with Crippen molar-refractivity contribution in [1.29, 1.82) is 0 Å². The molecule has 12 heteroatoms. The van der Waals surface area contributed by atoms with E-state index in [0.29, 0.717) is 50.1 Å². The molecule has 0 radical (unpaired) electrons. The van der Waals surface area contributed by atoms with Crippen molar-refractivity contribution in [2.75, 3.05) is 43.0 Å². The number of anilines is 3. The summed E-state index contributed by atoms with van der Waals surface area (Å²) in [7, 11) is 0. The quantitative estimate of drug-likeness (QED) is 0.237. The highest BCUT2D eigenvalue weighted by molar-refractivity contribution is 6.09. The number of nitrogens with zero attached hydrogens (tertiary/aromatic N) is 7. The minimum absolute atomic E-state index is 0.0345. The van der Waals surface area contributed by atoms with Crippen LogP contribution in [0.3, 0.4) is 0 Å². The smallest absolute Gasteiger partial charge is 0.254 e. The van der Waals surface area contributed by atoms with Gasteiger partial charge in [0.25, 0.3) is 5.91 Å². The van der Waals surface area contributed by atoms with Gasteiger partial charge in [-0.1, -0.05) is 18.6 Å². The lowest BCUT2D eigenvalue weighted by Gasteiger charge is -2.48. The number of carbonyl (C=O) groups excluding carboxylic acids is 2. The highest BCUT2D eigenvalue weighted by Crippen LogP contribution is 2.52. The highest BCUT2D eigenvalue weighted by atomic mass is 19.1. The number of imidazole rings is 1. The molecule has 1 aromatic carbocycles. The minimum Gasteiger partial charge on any atom is -0.365 e. The molecular formula is C40H47FN8O3. The Morgan fingerprint density at radius 1 is 1.02 bits per heavy atom. The summed E-state index contributed by atoms with van der Waals surface area (Å²) in [5.41, 5.74) is 3.92. The lowest BCUT2D eigenvalue weighted by atomic mass is 9.73. The molecule has 1 unspecified atom stereocenters. The number of likely N-dealkylation sites (tertiary alicyclic amines) is 2. The molecular weight excluding hydrogens is 659 g/mol. The number of ether oxygens (including phenoxy) is 1. The molecule has 4 aliphatic heterocycles. The number of rotatable bonds is 7. The van der Waals surface area contributed by atoms with Gasteiger partial charge in [0.1, 0.15) is 11.1 Å². The van der Waals surface area contributed by atoms with E-state index in [-0.39, 0.29) is 29.6 Å². The number of benzene rings is 1. The molecule has 2 amide bonds. The highest BCUT2D eigenvalue weighted by Gasteiger charge is 2.56. The van der Waals surface area contributed by atoms with Gasteiger partial charge in [-0.15, -0.1) is 0 Å². The lowest BCUT2D eigenvalue weighted by molar-refractivity contribution is -0.183. The summed E-state index contributed by atoms with van der Waals surface area (Å²) >= 11 is 0. The maximum Gasteiger partial charge on any atom is 0.254 e. The average Bonchev–Trinajstić information content (AvgIpc) is 3.66. The van der Waals surface area contributed by atoms with E-state index in [9.17, 15) is 14.0 Å². The number of hydrogen-bond donors (Lipinski definition) is 1. The van der Waals surface area contributed by atoms with E-state index in [0.717, 1.165) is 60.2 Å². The van der Waals surface area contributed by atoms with E-state index < -0.39 is 16.8 Å². The third kappa shape index (κ3) is 5.31. The van der Waals surface area contributed by atoms with Crippen LogP contribution in [-0.4, -0.2) is 91.6 Å². The van der Waals surface area contributed by atoms with Crippen molar-refractivity contribution < 1.29 is 18.7 Å². The third-order valence-corrected chi connectivity index (χ3v) is 12.5. The van der Waals surface area contributed by atoms with Crippen LogP contribution < -0.4 is 10.2 Å². The second-order valence-corrected chi connectivity index (χ2v) is 15.9. The van der Waals surface area contributed by atoms with Gasteiger partial charge in [0.15, 0.2) is 11.6 Å². The van der Waals surface area contributed by atoms with Gasteiger partial charge in [0.2, 0.25) is 5.91 Å². The van der Waals surface area contributed by atoms with E-state index in [1.807, 2.05) is 22.5 Å². The zero-order valence-corrected chi connectivity index (χ0v) is 30.3. The molecule has 4 fully saturated rings. The fourth-order valence-corrected chi connectivity index (χ4v) is 9.24. The van der Waals surface area contributed by atoms with Crippen LogP contribution >= 0.6 is 0 Å². The first-order valence-corrected chi connectivity index (χ1v) is 19.1. The number of nitrogens with one attached hydrogen (secondary N) is 1. The molecule has 0 bridgehead atoms. The molecule has 1 saturated carbocycles. The molecule has 7 heterocycles. The van der Waals surface area contributed by atoms with Gasteiger partial charge in [-0.05, 0) is 96.1 Å². The summed E-state index contributed by atoms with van der Waals surface area (Å²) < 4.78 is 22.6. The molecule has 3 saturated heterocycles. The zero-order valence-electron chi connectivity index (χ0n) is 30.3. The number of hydrogen-bond acceptors (Lipinski definition) is 8. The van der Waals surface area contributed by atoms with Gasteiger partial charge in [-0.25, -0.2) is 14.4 Å². The van der Waals surface area contributed by atoms with Crippen molar-refractivity contribution >= 4 is 40.0 Å². The standard InChI is InChI=1S/C40H47FN8O3/c1-25(2)48-24-43-33-22-32(45-36(35(33)48)44-31-9-13-42-23-30(31)41)26-7-8-29-34(19-26)49(28-20-27(21-28)46-14-5-4-6-15-46)38(51)40(29)10-16-47(17-11-40)37(50)39(3)12-18-52-39/h7-9,13,19,22-25,27-28H,4-6,10-12,14-18,20-21H2,1-3H3,(H,42,44,45). The predicted octanol–water partition coefficient (Wildman–Crippen LogP) is 6.36. The molecule has 3 aromatic heterocycles. The third-order valence-electron chi connectivity index (χ3n) is 12.5. The van der Waals surface area contributed by atoms with E-state index >= 15 is 0 Å². The Hall–Kier alpha value is -4.42. The summed E-state index contributed by atoms with van der Waals surface area (Å²) in [5, 5.41) is 3.23. The van der Waals surface area contributed by atoms with Gasteiger partial charge >= 0.3 is 0 Å². The van der Waals surface area contributed by atoms with Crippen LogP contribution in [0.1, 0.15) is 83.7 Å². The SMILES string of the molecule is CC(C)n1cnc2cc(-c3ccc4c(c3)N(C3CC(N5CCCCC5)C3)C(=O)C43CCN(C(=O)C4(C)CCO4)CC3)nc(Nc3ccncc3F)c21. The number of carbonyl (C=O) groups is 2. The molecule has 9 rings (SSSR count). The van der Waals surface area contributed by atoms with Gasteiger partial charge in [-0.3, -0.25) is 14.6 Å². The lowest BCUT2D eigenvalue weighted by Crippen LogP contribution is -2.60. The van der Waals surface area contributed by atoms with E-state index in [1.54, 1.807) is 18.6 Å². The molecule has 272 valence electrons. The van der Waals surface area contributed by atoms with Crippen molar-refractivity contribution in [3.8, 4) is 11.3 Å². The van der Waals surface area contributed by atoms with Crippen molar-refractivity contribution in [3.05, 3.63) is 60.4 Å². The maximum atomic E-state index is 14.9. The van der Waals surface area contributed by atoms with Crippen LogP contribution in [0.5, 0.6) is 0 Å². The van der Waals surface area contributed by atoms with Crippen LogP contribution in [0, 0.1) is 5.82 Å². The fourth-order valence-electron chi connectivity index (χ4n) is 9.24. The molecule has 4 aromatic rings. The first-order chi connectivity index (χ1) is 25.1. The fraction of sp³-hybridized carbons (Fsp3) is 0.525. The molecule has 52 heavy (non-hydrogen) atoms. The number of halogens is 1. The Kier molecular flexibility index (Phi) is 8.11. The normalized spacial score (nSPS) is 25.8. The van der Waals surface area contributed by atoms with Crippen LogP contribution in [0.15, 0.2) is 49.1 Å². The van der Waals surface area contributed by atoms with E-state index in [1.165, 1.54) is 25.5 Å². The van der Waals surface area contributed by atoms with Crippen LogP contribution in [0.2, 0.25) is 0 Å². The van der Waals surface area contributed by atoms with Crippen molar-refractivity contribution in [2.24, 2.45) is 0 Å². The number of aromatic nitrogens is 4. The topological polar surface area (TPSA) is 109 Å². The molecule has 1 N–H and O–H groups in total. The molecule has 5 aliphatic rings. The van der Waals surface area contributed by atoms with Crippen molar-refractivity contribution in [1.82, 2.24) is 29.3 Å². The Morgan fingerprint density at radius 3 is 2.48 bits per heavy atom. The molecule has 11 nitrogen and oxygen atoms in total. The summed E-state index contributed by atoms with van der Waals surface area (Å²) in [5.74, 6) is 0.223. The number of amides is 2. The Balaban J connectivity index is 1.09. The van der Waals surface area contributed by atoms with Gasteiger partial charge < -0.3 is 29.3 Å². The average molecular weight is 707 g/mol. The summed E-state index contributed by atoms with van der Waals surface area (Å²) in [6, 6.07) is 10.6. The maximum absolute atomic E-state index is 14.9. The monoisotopic (exact) mass is 706 g/mol. The van der Waals surface area contributed by atoms with Crippen LogP contribution in [-0.2, 0) is 19.7 Å². The van der Waals surface area contributed by atoms with Crippen LogP contribution in [0.4, 0.5) is 21.6 Å². The predicted molar refractivity (Wildman–Crippen MR) is 197 cm³/mol. The van der Waals surface area contributed by atoms with Gasteiger partial charge in [-0.2, -0.15) is 0 Å². The van der Waals surface area contributed by atoms with Crippen molar-refractivity contribution in [3.63, 3.8) is 0 Å². The Labute approximate surface area is 303 Å². The Morgan fingerprint density at radius 2 is 1.79 bits per heavy atom. The molecule has 1 spiro atoms. The first kappa shape index (κ1) is 33.4. The Bertz CT molecular complexity index is 2040. The van der Waals surface area contributed by atoms with Gasteiger partial charge in [0.05, 0.1) is 41.4 Å². The first-order valence-electron chi connectivity index (χ1n) is 19.1. The number of piperidine rings is 2. The summed E-state index contributed by atoms with van der Waals surface area (Å²) in [6.07, 6.45) is 12.2. The zero-order chi connectivity index (χ0) is 35.8.